The Balaban J connectivity index is 2.13. The molecular formula is C14H18N4. The van der Waals surface area contributed by atoms with Crippen molar-refractivity contribution < 1.29 is 0 Å². The standard InChI is InChI=1S/C14H18N4/c1-11-16-13-10-12(4-5-14(13)18(11)3)6-8-17(2)9-7-15/h4-5,10H,6,8-9H2,1-3H3. The number of likely N-dealkylation sites (N-methyl/N-ethyl adjacent to an activating group) is 1. The van der Waals surface area contributed by atoms with Gasteiger partial charge in [-0.3, -0.25) is 4.90 Å². The minimum absolute atomic E-state index is 0.477. The third kappa shape index (κ3) is 2.52. The molecule has 0 radical (unpaired) electrons. The van der Waals surface area contributed by atoms with Gasteiger partial charge >= 0.3 is 0 Å². The zero-order valence-corrected chi connectivity index (χ0v) is 11.1. The molecule has 0 spiro atoms. The van der Waals surface area contributed by atoms with Gasteiger partial charge in [-0.25, -0.2) is 4.98 Å². The molecule has 0 amide bonds. The monoisotopic (exact) mass is 242 g/mol. The topological polar surface area (TPSA) is 44.9 Å². The molecule has 2 rings (SSSR count). The first kappa shape index (κ1) is 12.6. The van der Waals surface area contributed by atoms with Crippen LogP contribution in [0.15, 0.2) is 18.2 Å². The lowest BCUT2D eigenvalue weighted by atomic mass is 10.1. The zero-order valence-electron chi connectivity index (χ0n) is 11.1. The molecule has 0 N–H and O–H groups in total. The normalized spacial score (nSPS) is 11.1. The maximum Gasteiger partial charge on any atom is 0.106 e. The summed E-state index contributed by atoms with van der Waals surface area (Å²) >= 11 is 0. The van der Waals surface area contributed by atoms with E-state index in [0.29, 0.717) is 6.54 Å². The summed E-state index contributed by atoms with van der Waals surface area (Å²) in [6, 6.07) is 8.56. The van der Waals surface area contributed by atoms with E-state index < -0.39 is 0 Å². The first-order valence-electron chi connectivity index (χ1n) is 6.09. The second-order valence-corrected chi connectivity index (χ2v) is 4.69. The van der Waals surface area contributed by atoms with Gasteiger partial charge in [0.25, 0.3) is 0 Å². The average molecular weight is 242 g/mol. The van der Waals surface area contributed by atoms with E-state index >= 15 is 0 Å². The number of nitrogens with zero attached hydrogens (tertiary/aromatic N) is 4. The Hall–Kier alpha value is -1.86. The Bertz CT molecular complexity index is 592. The summed E-state index contributed by atoms with van der Waals surface area (Å²) in [6.07, 6.45) is 0.948. The Morgan fingerprint density at radius 3 is 2.94 bits per heavy atom. The van der Waals surface area contributed by atoms with Crippen molar-refractivity contribution in [2.75, 3.05) is 20.1 Å². The van der Waals surface area contributed by atoms with Gasteiger partial charge in [-0.05, 0) is 38.1 Å². The van der Waals surface area contributed by atoms with Crippen molar-refractivity contribution in [2.45, 2.75) is 13.3 Å². The molecule has 0 saturated heterocycles. The van der Waals surface area contributed by atoms with Crippen molar-refractivity contribution in [1.29, 1.82) is 5.26 Å². The molecule has 1 aromatic carbocycles. The number of benzene rings is 1. The highest BCUT2D eigenvalue weighted by molar-refractivity contribution is 5.76. The molecule has 1 aromatic heterocycles. The van der Waals surface area contributed by atoms with Gasteiger partial charge in [0.2, 0.25) is 0 Å². The minimum Gasteiger partial charge on any atom is -0.331 e. The molecule has 0 aliphatic rings. The average Bonchev–Trinajstić information content (AvgIpc) is 2.63. The molecule has 1 heterocycles. The van der Waals surface area contributed by atoms with E-state index in [1.54, 1.807) is 0 Å². The lowest BCUT2D eigenvalue weighted by Gasteiger charge is -2.11. The molecule has 0 bridgehead atoms. The summed E-state index contributed by atoms with van der Waals surface area (Å²) in [5, 5.41) is 8.60. The predicted octanol–water partition coefficient (Wildman–Crippen LogP) is 1.88. The Morgan fingerprint density at radius 1 is 1.44 bits per heavy atom. The van der Waals surface area contributed by atoms with Crippen molar-refractivity contribution in [3.05, 3.63) is 29.6 Å². The van der Waals surface area contributed by atoms with Crippen LogP contribution in [0, 0.1) is 18.3 Å². The SMILES string of the molecule is Cc1nc2cc(CCN(C)CC#N)ccc2n1C. The van der Waals surface area contributed by atoms with Gasteiger partial charge < -0.3 is 4.57 Å². The summed E-state index contributed by atoms with van der Waals surface area (Å²) in [5.74, 6) is 1.03. The van der Waals surface area contributed by atoms with Crippen LogP contribution in [0.3, 0.4) is 0 Å². The van der Waals surface area contributed by atoms with Crippen molar-refractivity contribution in [3.8, 4) is 6.07 Å². The Kier molecular flexibility index (Phi) is 3.63. The van der Waals surface area contributed by atoms with Crippen LogP contribution in [0.4, 0.5) is 0 Å². The van der Waals surface area contributed by atoms with Gasteiger partial charge in [0, 0.05) is 13.6 Å². The number of fused-ring (bicyclic) bond motifs is 1. The smallest absolute Gasteiger partial charge is 0.106 e. The maximum atomic E-state index is 8.60. The quantitative estimate of drug-likeness (QED) is 0.769. The molecule has 0 saturated carbocycles. The van der Waals surface area contributed by atoms with E-state index in [2.05, 4.69) is 33.8 Å². The highest BCUT2D eigenvalue weighted by atomic mass is 15.1. The second kappa shape index (κ2) is 5.19. The number of hydrogen-bond acceptors (Lipinski definition) is 3. The fraction of sp³-hybridized carbons (Fsp3) is 0.429. The molecule has 0 aliphatic carbocycles. The number of hydrogen-bond donors (Lipinski definition) is 0. The van der Waals surface area contributed by atoms with Crippen LogP contribution in [0.5, 0.6) is 0 Å². The van der Waals surface area contributed by atoms with Crippen LogP contribution in [-0.4, -0.2) is 34.6 Å². The van der Waals surface area contributed by atoms with E-state index in [0.717, 1.165) is 24.3 Å². The van der Waals surface area contributed by atoms with Crippen molar-refractivity contribution in [1.82, 2.24) is 14.5 Å². The summed E-state index contributed by atoms with van der Waals surface area (Å²) < 4.78 is 2.10. The molecule has 18 heavy (non-hydrogen) atoms. The zero-order chi connectivity index (χ0) is 13.1. The van der Waals surface area contributed by atoms with E-state index in [9.17, 15) is 0 Å². The highest BCUT2D eigenvalue weighted by Gasteiger charge is 2.05. The summed E-state index contributed by atoms with van der Waals surface area (Å²) in [6.45, 7) is 3.39. The minimum atomic E-state index is 0.477. The molecule has 0 fully saturated rings. The lowest BCUT2D eigenvalue weighted by Crippen LogP contribution is -2.21. The molecule has 4 heteroatoms. The first-order valence-corrected chi connectivity index (χ1v) is 6.09. The largest absolute Gasteiger partial charge is 0.331 e. The summed E-state index contributed by atoms with van der Waals surface area (Å²) in [7, 11) is 4.00. The molecule has 0 unspecified atom stereocenters. The fourth-order valence-electron chi connectivity index (χ4n) is 2.04. The molecule has 0 atom stereocenters. The maximum absolute atomic E-state index is 8.60. The molecule has 4 nitrogen and oxygen atoms in total. The number of aryl methyl sites for hydroxylation is 2. The van der Waals surface area contributed by atoms with Gasteiger partial charge in [0.15, 0.2) is 0 Å². The molecule has 94 valence electrons. The molecule has 0 aliphatic heterocycles. The lowest BCUT2D eigenvalue weighted by molar-refractivity contribution is 0.379. The third-order valence-electron chi connectivity index (χ3n) is 3.29. The number of aromatic nitrogens is 2. The summed E-state index contributed by atoms with van der Waals surface area (Å²) in [4.78, 5) is 6.56. The van der Waals surface area contributed by atoms with Crippen molar-refractivity contribution >= 4 is 11.0 Å². The van der Waals surface area contributed by atoms with E-state index in [1.807, 2.05) is 25.9 Å². The predicted molar refractivity (Wildman–Crippen MR) is 72.3 cm³/mol. The number of rotatable bonds is 4. The van der Waals surface area contributed by atoms with E-state index in [1.165, 1.54) is 11.1 Å². The van der Waals surface area contributed by atoms with Crippen LogP contribution in [-0.2, 0) is 13.5 Å². The third-order valence-corrected chi connectivity index (χ3v) is 3.29. The summed E-state index contributed by atoms with van der Waals surface area (Å²) in [5.41, 5.74) is 3.49. The van der Waals surface area contributed by atoms with Crippen LogP contribution in [0.2, 0.25) is 0 Å². The highest BCUT2D eigenvalue weighted by Crippen LogP contribution is 2.16. The van der Waals surface area contributed by atoms with E-state index in [-0.39, 0.29) is 0 Å². The van der Waals surface area contributed by atoms with Crippen LogP contribution < -0.4 is 0 Å². The second-order valence-electron chi connectivity index (χ2n) is 4.69. The van der Waals surface area contributed by atoms with Gasteiger partial charge in [0.1, 0.15) is 5.82 Å². The molecule has 2 aromatic rings. The van der Waals surface area contributed by atoms with Crippen molar-refractivity contribution in [3.63, 3.8) is 0 Å². The van der Waals surface area contributed by atoms with Gasteiger partial charge in [-0.15, -0.1) is 0 Å². The van der Waals surface area contributed by atoms with Crippen LogP contribution >= 0.6 is 0 Å². The van der Waals surface area contributed by atoms with Crippen molar-refractivity contribution in [2.24, 2.45) is 7.05 Å². The first-order chi connectivity index (χ1) is 8.61. The van der Waals surface area contributed by atoms with E-state index in [4.69, 9.17) is 5.26 Å². The number of imidazole rings is 1. The van der Waals surface area contributed by atoms with Gasteiger partial charge in [-0.2, -0.15) is 5.26 Å². The van der Waals surface area contributed by atoms with Gasteiger partial charge in [0.05, 0.1) is 23.6 Å². The van der Waals surface area contributed by atoms with Gasteiger partial charge in [-0.1, -0.05) is 6.07 Å². The fourth-order valence-corrected chi connectivity index (χ4v) is 2.04. The van der Waals surface area contributed by atoms with Crippen LogP contribution in [0.25, 0.3) is 11.0 Å². The Morgan fingerprint density at radius 2 is 2.22 bits per heavy atom. The molecular weight excluding hydrogens is 224 g/mol. The van der Waals surface area contributed by atoms with Crippen LogP contribution in [0.1, 0.15) is 11.4 Å². The Labute approximate surface area is 107 Å². The number of nitriles is 1.